The molecule has 1 N–H and O–H groups in total. The summed E-state index contributed by atoms with van der Waals surface area (Å²) in [7, 11) is 0. The number of carbonyl (C=O) groups is 2. The molecular formula is C15H20FNO3. The number of carbonyl (C=O) groups excluding carboxylic acids is 1. The first-order valence-electron chi connectivity index (χ1n) is 6.81. The summed E-state index contributed by atoms with van der Waals surface area (Å²) in [4.78, 5) is 24.4. The molecule has 0 fully saturated rings. The molecule has 0 aliphatic rings. The minimum atomic E-state index is -0.933. The van der Waals surface area contributed by atoms with Crippen LogP contribution in [0.5, 0.6) is 0 Å². The summed E-state index contributed by atoms with van der Waals surface area (Å²) in [5, 5.41) is 8.74. The van der Waals surface area contributed by atoms with Crippen LogP contribution < -0.4 is 0 Å². The van der Waals surface area contributed by atoms with Crippen molar-refractivity contribution in [1.29, 1.82) is 0 Å². The molecular weight excluding hydrogens is 261 g/mol. The number of hydrogen-bond donors (Lipinski definition) is 1. The van der Waals surface area contributed by atoms with Gasteiger partial charge < -0.3 is 10.0 Å². The largest absolute Gasteiger partial charge is 0.481 e. The molecule has 0 saturated heterocycles. The SMILES string of the molecule is CCCCCN(CCC(=O)O)C(=O)c1ccc(F)cc1. The Morgan fingerprint density at radius 2 is 1.80 bits per heavy atom. The monoisotopic (exact) mass is 281 g/mol. The zero-order valence-electron chi connectivity index (χ0n) is 11.6. The number of nitrogens with zero attached hydrogens (tertiary/aromatic N) is 1. The first-order valence-corrected chi connectivity index (χ1v) is 6.81. The van der Waals surface area contributed by atoms with E-state index in [4.69, 9.17) is 5.11 Å². The van der Waals surface area contributed by atoms with Crippen molar-refractivity contribution in [1.82, 2.24) is 4.90 Å². The van der Waals surface area contributed by atoms with Crippen LogP contribution in [-0.4, -0.2) is 35.0 Å². The highest BCUT2D eigenvalue weighted by atomic mass is 19.1. The Bertz CT molecular complexity index is 445. The number of unbranched alkanes of at least 4 members (excludes halogenated alkanes) is 2. The summed E-state index contributed by atoms with van der Waals surface area (Å²) < 4.78 is 12.9. The van der Waals surface area contributed by atoms with E-state index < -0.39 is 11.8 Å². The van der Waals surface area contributed by atoms with Crippen LogP contribution in [0.1, 0.15) is 43.0 Å². The number of hydrogen-bond acceptors (Lipinski definition) is 2. The van der Waals surface area contributed by atoms with E-state index in [2.05, 4.69) is 6.92 Å². The number of amides is 1. The van der Waals surface area contributed by atoms with Crippen molar-refractivity contribution in [3.63, 3.8) is 0 Å². The second kappa shape index (κ2) is 8.30. The molecule has 1 aromatic rings. The lowest BCUT2D eigenvalue weighted by molar-refractivity contribution is -0.137. The van der Waals surface area contributed by atoms with Gasteiger partial charge in [-0.25, -0.2) is 4.39 Å². The van der Waals surface area contributed by atoms with Crippen molar-refractivity contribution < 1.29 is 19.1 Å². The minimum absolute atomic E-state index is 0.0843. The van der Waals surface area contributed by atoms with Crippen molar-refractivity contribution in [2.24, 2.45) is 0 Å². The number of carboxylic acid groups (broad SMARTS) is 1. The van der Waals surface area contributed by atoms with E-state index in [1.165, 1.54) is 29.2 Å². The fraction of sp³-hybridized carbons (Fsp3) is 0.467. The summed E-state index contributed by atoms with van der Waals surface area (Å²) in [6.45, 7) is 2.76. The van der Waals surface area contributed by atoms with Crippen LogP contribution in [0, 0.1) is 5.82 Å². The zero-order valence-corrected chi connectivity index (χ0v) is 11.6. The maximum Gasteiger partial charge on any atom is 0.305 e. The molecule has 4 nitrogen and oxygen atoms in total. The predicted octanol–water partition coefficient (Wildman–Crippen LogP) is 2.93. The molecule has 0 aliphatic heterocycles. The molecule has 0 aliphatic carbocycles. The lowest BCUT2D eigenvalue weighted by Gasteiger charge is -2.22. The highest BCUT2D eigenvalue weighted by Gasteiger charge is 2.16. The van der Waals surface area contributed by atoms with E-state index in [9.17, 15) is 14.0 Å². The second-order valence-electron chi connectivity index (χ2n) is 4.65. The average Bonchev–Trinajstić information content (AvgIpc) is 2.42. The van der Waals surface area contributed by atoms with Crippen LogP contribution in [0.15, 0.2) is 24.3 Å². The summed E-state index contributed by atoms with van der Waals surface area (Å²) in [6.07, 6.45) is 2.76. The molecule has 0 heterocycles. The van der Waals surface area contributed by atoms with E-state index in [0.29, 0.717) is 12.1 Å². The molecule has 0 atom stereocenters. The first kappa shape index (κ1) is 16.1. The predicted molar refractivity (Wildman–Crippen MR) is 74.1 cm³/mol. The highest BCUT2D eigenvalue weighted by molar-refractivity contribution is 5.94. The van der Waals surface area contributed by atoms with Crippen molar-refractivity contribution in [2.45, 2.75) is 32.6 Å². The Morgan fingerprint density at radius 3 is 2.35 bits per heavy atom. The maximum atomic E-state index is 12.9. The van der Waals surface area contributed by atoms with Crippen LogP contribution in [-0.2, 0) is 4.79 Å². The van der Waals surface area contributed by atoms with Gasteiger partial charge in [-0.05, 0) is 30.7 Å². The number of halogens is 1. The second-order valence-corrected chi connectivity index (χ2v) is 4.65. The van der Waals surface area contributed by atoms with Crippen LogP contribution in [0.3, 0.4) is 0 Å². The average molecular weight is 281 g/mol. The van der Waals surface area contributed by atoms with Gasteiger partial charge in [0.05, 0.1) is 6.42 Å². The van der Waals surface area contributed by atoms with Gasteiger partial charge in [0.1, 0.15) is 5.82 Å². The number of rotatable bonds is 8. The summed E-state index contributed by atoms with van der Waals surface area (Å²) in [6, 6.07) is 5.31. The number of benzene rings is 1. The lowest BCUT2D eigenvalue weighted by Crippen LogP contribution is -2.34. The van der Waals surface area contributed by atoms with E-state index in [-0.39, 0.29) is 18.9 Å². The molecule has 0 saturated carbocycles. The summed E-state index contributed by atoms with van der Waals surface area (Å²) >= 11 is 0. The number of carboxylic acids is 1. The first-order chi connectivity index (χ1) is 9.54. The van der Waals surface area contributed by atoms with Gasteiger partial charge in [0.2, 0.25) is 0 Å². The van der Waals surface area contributed by atoms with E-state index in [1.54, 1.807) is 0 Å². The molecule has 5 heteroatoms. The highest BCUT2D eigenvalue weighted by Crippen LogP contribution is 2.09. The summed E-state index contributed by atoms with van der Waals surface area (Å²) in [5.41, 5.74) is 0.383. The van der Waals surface area contributed by atoms with Crippen LogP contribution in [0.4, 0.5) is 4.39 Å². The van der Waals surface area contributed by atoms with Crippen molar-refractivity contribution >= 4 is 11.9 Å². The smallest absolute Gasteiger partial charge is 0.305 e. The Balaban J connectivity index is 2.71. The molecule has 1 rings (SSSR count). The van der Waals surface area contributed by atoms with Gasteiger partial charge in [-0.15, -0.1) is 0 Å². The van der Waals surface area contributed by atoms with Gasteiger partial charge >= 0.3 is 5.97 Å². The fourth-order valence-electron chi connectivity index (χ4n) is 1.87. The van der Waals surface area contributed by atoms with Crippen LogP contribution in [0.25, 0.3) is 0 Å². The van der Waals surface area contributed by atoms with Gasteiger partial charge in [0.25, 0.3) is 5.91 Å². The molecule has 20 heavy (non-hydrogen) atoms. The quantitative estimate of drug-likeness (QED) is 0.745. The number of aliphatic carboxylic acids is 1. The van der Waals surface area contributed by atoms with Gasteiger partial charge in [-0.1, -0.05) is 19.8 Å². The van der Waals surface area contributed by atoms with Crippen molar-refractivity contribution in [2.75, 3.05) is 13.1 Å². The zero-order chi connectivity index (χ0) is 15.0. The summed E-state index contributed by atoms with van der Waals surface area (Å²) in [5.74, 6) is -1.58. The van der Waals surface area contributed by atoms with Crippen molar-refractivity contribution in [3.05, 3.63) is 35.6 Å². The molecule has 0 unspecified atom stereocenters. The Labute approximate surface area is 118 Å². The molecule has 0 aromatic heterocycles. The van der Waals surface area contributed by atoms with Gasteiger partial charge in [-0.3, -0.25) is 9.59 Å². The lowest BCUT2D eigenvalue weighted by atomic mass is 10.1. The Hall–Kier alpha value is -1.91. The van der Waals surface area contributed by atoms with Crippen molar-refractivity contribution in [3.8, 4) is 0 Å². The van der Waals surface area contributed by atoms with Gasteiger partial charge in [0, 0.05) is 18.7 Å². The molecule has 1 aromatic carbocycles. The normalized spacial score (nSPS) is 10.3. The van der Waals surface area contributed by atoms with Crippen LogP contribution in [0.2, 0.25) is 0 Å². The Kier molecular flexibility index (Phi) is 6.70. The Morgan fingerprint density at radius 1 is 1.15 bits per heavy atom. The molecule has 110 valence electrons. The maximum absolute atomic E-state index is 12.9. The molecule has 1 amide bonds. The third-order valence-electron chi connectivity index (χ3n) is 3.01. The van der Waals surface area contributed by atoms with E-state index >= 15 is 0 Å². The topological polar surface area (TPSA) is 57.6 Å². The molecule has 0 spiro atoms. The molecule has 0 radical (unpaired) electrons. The fourth-order valence-corrected chi connectivity index (χ4v) is 1.87. The molecule has 0 bridgehead atoms. The minimum Gasteiger partial charge on any atom is -0.481 e. The van der Waals surface area contributed by atoms with E-state index in [0.717, 1.165) is 19.3 Å². The van der Waals surface area contributed by atoms with E-state index in [1.807, 2.05) is 0 Å². The third-order valence-corrected chi connectivity index (χ3v) is 3.01. The van der Waals surface area contributed by atoms with Crippen LogP contribution >= 0.6 is 0 Å². The third kappa shape index (κ3) is 5.38. The van der Waals surface area contributed by atoms with Gasteiger partial charge in [-0.2, -0.15) is 0 Å². The van der Waals surface area contributed by atoms with Gasteiger partial charge in [0.15, 0.2) is 0 Å². The standard InChI is InChI=1S/C15H20FNO3/c1-2-3-4-10-17(11-9-14(18)19)15(20)12-5-7-13(16)8-6-12/h5-8H,2-4,9-11H2,1H3,(H,18,19).